The van der Waals surface area contributed by atoms with E-state index in [0.717, 1.165) is 10.0 Å². The molecular formula is C10H11BrN4O. The molecule has 0 saturated heterocycles. The minimum absolute atomic E-state index is 0.151. The van der Waals surface area contributed by atoms with E-state index in [1.165, 1.54) is 15.6 Å². The highest BCUT2D eigenvalue weighted by Crippen LogP contribution is 2.18. The molecule has 2 aromatic rings. The highest BCUT2D eigenvalue weighted by Gasteiger charge is 2.05. The van der Waals surface area contributed by atoms with E-state index in [-0.39, 0.29) is 5.69 Å². The van der Waals surface area contributed by atoms with Crippen molar-refractivity contribution in [1.82, 2.24) is 14.3 Å². The van der Waals surface area contributed by atoms with Gasteiger partial charge in [-0.1, -0.05) is 22.0 Å². The Morgan fingerprint density at radius 2 is 2.25 bits per heavy atom. The van der Waals surface area contributed by atoms with Crippen molar-refractivity contribution in [2.75, 3.05) is 5.73 Å². The van der Waals surface area contributed by atoms with Gasteiger partial charge in [-0.15, -0.1) is 0 Å². The SMILES string of the molecule is Cn1cnn(Cc2ccc(Br)cc2N)c1=O. The molecule has 0 aliphatic rings. The van der Waals surface area contributed by atoms with Gasteiger partial charge in [-0.25, -0.2) is 9.48 Å². The Bertz CT molecular complexity index is 572. The monoisotopic (exact) mass is 282 g/mol. The zero-order valence-electron chi connectivity index (χ0n) is 8.72. The summed E-state index contributed by atoms with van der Waals surface area (Å²) in [6.45, 7) is 0.388. The molecule has 0 bridgehead atoms. The van der Waals surface area contributed by atoms with Crippen molar-refractivity contribution < 1.29 is 0 Å². The van der Waals surface area contributed by atoms with Gasteiger partial charge >= 0.3 is 5.69 Å². The molecule has 84 valence electrons. The lowest BCUT2D eigenvalue weighted by Crippen LogP contribution is -2.23. The minimum atomic E-state index is -0.151. The number of anilines is 1. The Kier molecular flexibility index (Phi) is 2.82. The van der Waals surface area contributed by atoms with Crippen LogP contribution < -0.4 is 11.4 Å². The number of nitrogens with zero attached hydrogens (tertiary/aromatic N) is 3. The number of benzene rings is 1. The quantitative estimate of drug-likeness (QED) is 0.835. The fraction of sp³-hybridized carbons (Fsp3) is 0.200. The standard InChI is InChI=1S/C10H11BrN4O/c1-14-6-13-15(10(14)16)5-7-2-3-8(11)4-9(7)12/h2-4,6H,5,12H2,1H3. The van der Waals surface area contributed by atoms with Crippen molar-refractivity contribution in [3.05, 3.63) is 45.0 Å². The third-order valence-corrected chi connectivity index (χ3v) is 2.81. The first-order chi connectivity index (χ1) is 7.58. The van der Waals surface area contributed by atoms with Crippen molar-refractivity contribution in [3.63, 3.8) is 0 Å². The summed E-state index contributed by atoms with van der Waals surface area (Å²) in [7, 11) is 1.66. The van der Waals surface area contributed by atoms with Gasteiger partial charge in [0.25, 0.3) is 0 Å². The van der Waals surface area contributed by atoms with Crippen LogP contribution in [0.5, 0.6) is 0 Å². The van der Waals surface area contributed by atoms with Crippen molar-refractivity contribution in [2.45, 2.75) is 6.54 Å². The fourth-order valence-electron chi connectivity index (χ4n) is 1.40. The van der Waals surface area contributed by atoms with Crippen LogP contribution in [0, 0.1) is 0 Å². The van der Waals surface area contributed by atoms with Crippen molar-refractivity contribution in [1.29, 1.82) is 0 Å². The molecule has 0 amide bonds. The molecule has 0 aliphatic heterocycles. The Morgan fingerprint density at radius 1 is 1.50 bits per heavy atom. The molecule has 0 atom stereocenters. The van der Waals surface area contributed by atoms with Crippen LogP contribution in [-0.2, 0) is 13.6 Å². The van der Waals surface area contributed by atoms with Gasteiger partial charge < -0.3 is 5.73 Å². The maximum Gasteiger partial charge on any atom is 0.345 e. The number of hydrogen-bond donors (Lipinski definition) is 1. The summed E-state index contributed by atoms with van der Waals surface area (Å²) >= 11 is 3.33. The lowest BCUT2D eigenvalue weighted by Gasteiger charge is -2.05. The van der Waals surface area contributed by atoms with Gasteiger partial charge in [0.05, 0.1) is 6.54 Å². The van der Waals surface area contributed by atoms with Gasteiger partial charge in [0.15, 0.2) is 0 Å². The molecule has 6 heteroatoms. The van der Waals surface area contributed by atoms with Gasteiger partial charge in [-0.2, -0.15) is 5.10 Å². The molecule has 0 saturated carbocycles. The normalized spacial score (nSPS) is 10.6. The van der Waals surface area contributed by atoms with Crippen molar-refractivity contribution in [2.24, 2.45) is 7.05 Å². The van der Waals surface area contributed by atoms with Crippen LogP contribution in [0.2, 0.25) is 0 Å². The van der Waals surface area contributed by atoms with E-state index in [0.29, 0.717) is 12.2 Å². The first kappa shape index (κ1) is 10.9. The lowest BCUT2D eigenvalue weighted by atomic mass is 10.2. The number of nitrogen functional groups attached to an aromatic ring is 1. The average molecular weight is 283 g/mol. The van der Waals surface area contributed by atoms with Gasteiger partial charge in [0.2, 0.25) is 0 Å². The first-order valence-corrected chi connectivity index (χ1v) is 5.49. The van der Waals surface area contributed by atoms with Crippen LogP contribution in [0.3, 0.4) is 0 Å². The summed E-state index contributed by atoms with van der Waals surface area (Å²) in [6, 6.07) is 5.57. The summed E-state index contributed by atoms with van der Waals surface area (Å²) in [5.41, 5.74) is 7.22. The number of nitrogens with two attached hydrogens (primary N) is 1. The summed E-state index contributed by atoms with van der Waals surface area (Å²) in [6.07, 6.45) is 1.48. The lowest BCUT2D eigenvalue weighted by molar-refractivity contribution is 0.648. The van der Waals surface area contributed by atoms with Crippen LogP contribution >= 0.6 is 15.9 Å². The molecule has 1 aromatic carbocycles. The number of hydrogen-bond acceptors (Lipinski definition) is 3. The van der Waals surface area contributed by atoms with Crippen molar-refractivity contribution in [3.8, 4) is 0 Å². The van der Waals surface area contributed by atoms with E-state index < -0.39 is 0 Å². The smallest absolute Gasteiger partial charge is 0.345 e. The molecule has 0 aliphatic carbocycles. The predicted octanol–water partition coefficient (Wildman–Crippen LogP) is 0.975. The highest BCUT2D eigenvalue weighted by molar-refractivity contribution is 9.10. The number of aromatic nitrogens is 3. The van der Waals surface area contributed by atoms with E-state index >= 15 is 0 Å². The van der Waals surface area contributed by atoms with E-state index in [2.05, 4.69) is 21.0 Å². The van der Waals surface area contributed by atoms with Gasteiger partial charge in [0.1, 0.15) is 6.33 Å². The average Bonchev–Trinajstić information content (AvgIpc) is 2.54. The van der Waals surface area contributed by atoms with Gasteiger partial charge in [-0.05, 0) is 17.7 Å². The fourth-order valence-corrected chi connectivity index (χ4v) is 1.78. The van der Waals surface area contributed by atoms with E-state index in [9.17, 15) is 4.79 Å². The molecule has 2 rings (SSSR count). The molecule has 5 nitrogen and oxygen atoms in total. The van der Waals surface area contributed by atoms with Crippen LogP contribution in [-0.4, -0.2) is 14.3 Å². The number of aryl methyl sites for hydroxylation is 1. The first-order valence-electron chi connectivity index (χ1n) is 4.70. The highest BCUT2D eigenvalue weighted by atomic mass is 79.9. The van der Waals surface area contributed by atoms with E-state index in [1.54, 1.807) is 7.05 Å². The molecule has 0 unspecified atom stereocenters. The Morgan fingerprint density at radius 3 is 2.81 bits per heavy atom. The van der Waals surface area contributed by atoms with E-state index in [4.69, 9.17) is 5.73 Å². The molecule has 1 heterocycles. The topological polar surface area (TPSA) is 65.8 Å². The third kappa shape index (κ3) is 2.01. The molecule has 2 N–H and O–H groups in total. The van der Waals surface area contributed by atoms with Crippen LogP contribution in [0.1, 0.15) is 5.56 Å². The minimum Gasteiger partial charge on any atom is -0.398 e. The number of rotatable bonds is 2. The van der Waals surface area contributed by atoms with Gasteiger partial charge in [0, 0.05) is 17.2 Å². The molecule has 0 spiro atoms. The maximum atomic E-state index is 11.6. The maximum absolute atomic E-state index is 11.6. The van der Waals surface area contributed by atoms with Crippen molar-refractivity contribution >= 4 is 21.6 Å². The van der Waals surface area contributed by atoms with Crippen LogP contribution in [0.25, 0.3) is 0 Å². The van der Waals surface area contributed by atoms with Crippen LogP contribution in [0.15, 0.2) is 33.8 Å². The Balaban J connectivity index is 2.34. The third-order valence-electron chi connectivity index (χ3n) is 2.31. The second-order valence-corrected chi connectivity index (χ2v) is 4.44. The Hall–Kier alpha value is -1.56. The predicted molar refractivity (Wildman–Crippen MR) is 65.1 cm³/mol. The van der Waals surface area contributed by atoms with Crippen LogP contribution in [0.4, 0.5) is 5.69 Å². The molecule has 16 heavy (non-hydrogen) atoms. The molecule has 0 radical (unpaired) electrons. The molecule has 1 aromatic heterocycles. The summed E-state index contributed by atoms with van der Waals surface area (Å²) in [4.78, 5) is 11.6. The number of halogens is 1. The summed E-state index contributed by atoms with van der Waals surface area (Å²) < 4.78 is 3.72. The second-order valence-electron chi connectivity index (χ2n) is 3.53. The summed E-state index contributed by atoms with van der Waals surface area (Å²) in [5.74, 6) is 0. The van der Waals surface area contributed by atoms with E-state index in [1.807, 2.05) is 18.2 Å². The molecular weight excluding hydrogens is 272 g/mol. The largest absolute Gasteiger partial charge is 0.398 e. The zero-order chi connectivity index (χ0) is 11.7. The zero-order valence-corrected chi connectivity index (χ0v) is 10.3. The molecule has 0 fully saturated rings. The van der Waals surface area contributed by atoms with Gasteiger partial charge in [-0.3, -0.25) is 4.57 Å². The second kappa shape index (κ2) is 4.13. The summed E-state index contributed by atoms with van der Waals surface area (Å²) in [5, 5.41) is 3.97. The Labute approximate surface area is 101 Å².